The van der Waals surface area contributed by atoms with Crippen LogP contribution in [0.2, 0.25) is 5.02 Å². The highest BCUT2D eigenvalue weighted by Gasteiger charge is 2.28. The number of halogens is 1. The molecule has 132 valence electrons. The predicted octanol–water partition coefficient (Wildman–Crippen LogP) is 4.31. The van der Waals surface area contributed by atoms with Crippen LogP contribution in [-0.2, 0) is 18.0 Å². The lowest BCUT2D eigenvalue weighted by molar-refractivity contribution is -0.692. The topological polar surface area (TPSA) is 33.3 Å². The van der Waals surface area contributed by atoms with Crippen molar-refractivity contribution in [2.75, 3.05) is 6.54 Å². The van der Waals surface area contributed by atoms with E-state index in [4.69, 9.17) is 24.2 Å². The van der Waals surface area contributed by atoms with Gasteiger partial charge in [0.25, 0.3) is 0 Å². The van der Waals surface area contributed by atoms with Crippen LogP contribution in [0.25, 0.3) is 0 Å². The molecular formula is C20H23ClN2OS. The van der Waals surface area contributed by atoms with Crippen LogP contribution < -0.4 is 4.57 Å². The SMILES string of the molecule is CCN=C([S-])C(C(=O)c1ccc(Cl)cc1)[n+]1ccc(C(C)(C)C)cc1. The summed E-state index contributed by atoms with van der Waals surface area (Å²) < 4.78 is 1.83. The van der Waals surface area contributed by atoms with Crippen molar-refractivity contribution < 1.29 is 9.36 Å². The second kappa shape index (κ2) is 8.07. The van der Waals surface area contributed by atoms with Gasteiger partial charge in [0.15, 0.2) is 12.4 Å². The quantitative estimate of drug-likeness (QED) is 0.257. The van der Waals surface area contributed by atoms with Crippen molar-refractivity contribution >= 4 is 35.1 Å². The molecule has 0 amide bonds. The van der Waals surface area contributed by atoms with E-state index in [1.54, 1.807) is 24.3 Å². The molecule has 0 fully saturated rings. The van der Waals surface area contributed by atoms with Gasteiger partial charge in [-0.2, -0.15) is 4.57 Å². The second-order valence-electron chi connectivity index (χ2n) is 6.87. The summed E-state index contributed by atoms with van der Waals surface area (Å²) in [5.41, 5.74) is 1.80. The smallest absolute Gasteiger partial charge is 0.237 e. The Morgan fingerprint density at radius 3 is 2.20 bits per heavy atom. The summed E-state index contributed by atoms with van der Waals surface area (Å²) in [5, 5.41) is 0.979. The Morgan fingerprint density at radius 2 is 1.72 bits per heavy atom. The molecule has 2 aromatic rings. The molecule has 1 aromatic carbocycles. The minimum atomic E-state index is -0.634. The first-order chi connectivity index (χ1) is 11.7. The van der Waals surface area contributed by atoms with E-state index in [2.05, 4.69) is 25.8 Å². The van der Waals surface area contributed by atoms with Crippen LogP contribution in [0, 0.1) is 0 Å². The molecule has 5 heteroatoms. The summed E-state index contributed by atoms with van der Waals surface area (Å²) >= 11 is 11.4. The van der Waals surface area contributed by atoms with E-state index in [1.165, 1.54) is 5.56 Å². The molecule has 1 aromatic heterocycles. The molecule has 1 atom stereocenters. The van der Waals surface area contributed by atoms with E-state index in [0.29, 0.717) is 22.2 Å². The molecule has 0 radical (unpaired) electrons. The summed E-state index contributed by atoms with van der Waals surface area (Å²) in [5.74, 6) is -0.0904. The Morgan fingerprint density at radius 1 is 1.16 bits per heavy atom. The number of Topliss-reactive ketones (excluding diaryl/α,β-unsaturated/α-hetero) is 1. The molecule has 0 saturated carbocycles. The van der Waals surface area contributed by atoms with E-state index < -0.39 is 6.04 Å². The van der Waals surface area contributed by atoms with Gasteiger partial charge in [0.05, 0.1) is 0 Å². The Bertz CT molecular complexity index is 762. The molecule has 2 rings (SSSR count). The van der Waals surface area contributed by atoms with Crippen molar-refractivity contribution in [1.29, 1.82) is 0 Å². The number of ketones is 1. The fraction of sp³-hybridized carbons (Fsp3) is 0.350. The fourth-order valence-electron chi connectivity index (χ4n) is 2.50. The van der Waals surface area contributed by atoms with Crippen molar-refractivity contribution in [3.8, 4) is 0 Å². The molecule has 0 N–H and O–H groups in total. The summed E-state index contributed by atoms with van der Waals surface area (Å²) in [4.78, 5) is 17.3. The highest BCUT2D eigenvalue weighted by Crippen LogP contribution is 2.21. The van der Waals surface area contributed by atoms with E-state index in [0.717, 1.165) is 0 Å². The number of hydrogen-bond acceptors (Lipinski definition) is 3. The number of rotatable bonds is 5. The maximum Gasteiger partial charge on any atom is 0.237 e. The maximum absolute atomic E-state index is 13.0. The zero-order valence-corrected chi connectivity index (χ0v) is 16.6. The first-order valence-electron chi connectivity index (χ1n) is 8.26. The summed E-state index contributed by atoms with van der Waals surface area (Å²) in [6.07, 6.45) is 3.80. The summed E-state index contributed by atoms with van der Waals surface area (Å²) in [6.45, 7) is 8.91. The first-order valence-corrected chi connectivity index (χ1v) is 9.05. The van der Waals surface area contributed by atoms with Crippen molar-refractivity contribution in [2.45, 2.75) is 39.2 Å². The van der Waals surface area contributed by atoms with Crippen molar-refractivity contribution in [2.24, 2.45) is 4.99 Å². The van der Waals surface area contributed by atoms with Crippen LogP contribution in [0.3, 0.4) is 0 Å². The lowest BCUT2D eigenvalue weighted by Gasteiger charge is -2.21. The molecule has 0 bridgehead atoms. The van der Waals surface area contributed by atoms with Gasteiger partial charge >= 0.3 is 0 Å². The highest BCUT2D eigenvalue weighted by atomic mass is 35.5. The number of aromatic nitrogens is 1. The van der Waals surface area contributed by atoms with Gasteiger partial charge in [-0.05, 0) is 47.2 Å². The second-order valence-corrected chi connectivity index (χ2v) is 7.73. The Balaban J connectivity index is 2.44. The van der Waals surface area contributed by atoms with Gasteiger partial charge in [0.1, 0.15) is 0 Å². The molecule has 3 nitrogen and oxygen atoms in total. The number of carbonyl (C=O) groups is 1. The fourth-order valence-corrected chi connectivity index (χ4v) is 2.98. The maximum atomic E-state index is 13.0. The average molecular weight is 375 g/mol. The monoisotopic (exact) mass is 374 g/mol. The number of hydrogen-bond donors (Lipinski definition) is 0. The molecule has 0 aliphatic rings. The molecule has 0 saturated heterocycles. The normalized spacial score (nSPS) is 13.6. The zero-order chi connectivity index (χ0) is 18.6. The number of pyridine rings is 1. The van der Waals surface area contributed by atoms with Crippen LogP contribution in [0.5, 0.6) is 0 Å². The molecule has 0 aliphatic heterocycles. The van der Waals surface area contributed by atoms with Crippen LogP contribution in [-0.4, -0.2) is 17.4 Å². The van der Waals surface area contributed by atoms with E-state index >= 15 is 0 Å². The number of aliphatic imine (C=N–C) groups is 1. The van der Waals surface area contributed by atoms with Gasteiger partial charge in [0, 0.05) is 29.3 Å². The van der Waals surface area contributed by atoms with Gasteiger partial charge in [-0.15, -0.1) is 0 Å². The van der Waals surface area contributed by atoms with Gasteiger partial charge in [-0.3, -0.25) is 4.79 Å². The Hall–Kier alpha value is -1.78. The van der Waals surface area contributed by atoms with Gasteiger partial charge < -0.3 is 17.6 Å². The van der Waals surface area contributed by atoms with Crippen molar-refractivity contribution in [1.82, 2.24) is 0 Å². The van der Waals surface area contributed by atoms with Gasteiger partial charge in [-0.1, -0.05) is 32.4 Å². The number of carbonyl (C=O) groups excluding carboxylic acids is 1. The first kappa shape index (κ1) is 19.5. The molecule has 1 heterocycles. The van der Waals surface area contributed by atoms with Crippen LogP contribution in [0.15, 0.2) is 53.8 Å². The highest BCUT2D eigenvalue weighted by molar-refractivity contribution is 7.77. The molecule has 25 heavy (non-hydrogen) atoms. The Kier molecular flexibility index (Phi) is 6.31. The van der Waals surface area contributed by atoms with Crippen molar-refractivity contribution in [3.05, 3.63) is 64.9 Å². The third-order valence-electron chi connectivity index (χ3n) is 3.94. The van der Waals surface area contributed by atoms with E-state index in [-0.39, 0.29) is 11.2 Å². The molecular weight excluding hydrogens is 352 g/mol. The molecule has 0 spiro atoms. The minimum Gasteiger partial charge on any atom is -0.758 e. The van der Waals surface area contributed by atoms with Crippen LogP contribution in [0.1, 0.15) is 49.7 Å². The van der Waals surface area contributed by atoms with Crippen LogP contribution >= 0.6 is 11.6 Å². The van der Waals surface area contributed by atoms with E-state index in [9.17, 15) is 4.79 Å². The van der Waals surface area contributed by atoms with Crippen molar-refractivity contribution in [3.63, 3.8) is 0 Å². The number of benzene rings is 1. The van der Waals surface area contributed by atoms with Gasteiger partial charge in [0.2, 0.25) is 11.8 Å². The average Bonchev–Trinajstić information content (AvgIpc) is 2.55. The van der Waals surface area contributed by atoms with Gasteiger partial charge in [-0.25, -0.2) is 0 Å². The third-order valence-corrected chi connectivity index (χ3v) is 4.55. The standard InChI is InChI=1S/C20H23ClN2OS/c1-5-22-19(25)17(18(24)14-6-8-16(21)9-7-14)23-12-10-15(11-13-23)20(2,3)4/h6-13,17H,5H2,1-4H3. The molecule has 1 unspecified atom stereocenters. The minimum absolute atomic E-state index is 0.0447. The summed E-state index contributed by atoms with van der Waals surface area (Å²) in [6, 6.07) is 10.3. The molecule has 0 aliphatic carbocycles. The number of nitrogens with zero attached hydrogens (tertiary/aromatic N) is 2. The third kappa shape index (κ3) is 4.86. The summed E-state index contributed by atoms with van der Waals surface area (Å²) in [7, 11) is 0. The Labute approximate surface area is 160 Å². The van der Waals surface area contributed by atoms with E-state index in [1.807, 2.05) is 36.0 Å². The van der Waals surface area contributed by atoms with Crippen LogP contribution in [0.4, 0.5) is 0 Å². The largest absolute Gasteiger partial charge is 0.758 e. The lowest BCUT2D eigenvalue weighted by atomic mass is 9.88. The zero-order valence-electron chi connectivity index (χ0n) is 15.0. The predicted molar refractivity (Wildman–Crippen MR) is 105 cm³/mol. The lowest BCUT2D eigenvalue weighted by Crippen LogP contribution is -2.48.